The molecule has 0 radical (unpaired) electrons. The third-order valence-electron chi connectivity index (χ3n) is 4.60. The zero-order valence-electron chi connectivity index (χ0n) is 12.0. The molecule has 0 heterocycles. The van der Waals surface area contributed by atoms with Crippen LogP contribution in [0.1, 0.15) is 36.3 Å². The van der Waals surface area contributed by atoms with Crippen molar-refractivity contribution in [1.29, 1.82) is 0 Å². The second kappa shape index (κ2) is 6.85. The Morgan fingerprint density at radius 3 is 2.38 bits per heavy atom. The van der Waals surface area contributed by atoms with E-state index in [1.54, 1.807) is 0 Å². The maximum atomic E-state index is 6.59. The molecular weight excluding hydrogens is 299 g/mol. The summed E-state index contributed by atoms with van der Waals surface area (Å²) >= 11 is 12.9. The van der Waals surface area contributed by atoms with Gasteiger partial charge in [-0.2, -0.15) is 0 Å². The molecule has 2 aromatic carbocycles. The first-order valence-corrected chi connectivity index (χ1v) is 8.48. The second-order valence-corrected chi connectivity index (χ2v) is 6.96. The van der Waals surface area contributed by atoms with Gasteiger partial charge in [-0.3, -0.25) is 0 Å². The standard InChI is InChI=1S/C19H20Cl2/c20-18-9-5-4-8-16(18)13-17-12-15(10-11-19(17)21)14-6-2-1-3-7-14/h1-9,15,17,19H,10-13H2. The molecule has 1 fully saturated rings. The lowest BCUT2D eigenvalue weighted by Crippen LogP contribution is -2.26. The Morgan fingerprint density at radius 1 is 0.905 bits per heavy atom. The highest BCUT2D eigenvalue weighted by Crippen LogP contribution is 2.40. The van der Waals surface area contributed by atoms with E-state index in [1.807, 2.05) is 12.1 Å². The number of halogens is 2. The van der Waals surface area contributed by atoms with Gasteiger partial charge in [-0.15, -0.1) is 11.6 Å². The van der Waals surface area contributed by atoms with E-state index in [-0.39, 0.29) is 5.38 Å². The number of benzene rings is 2. The van der Waals surface area contributed by atoms with Gasteiger partial charge < -0.3 is 0 Å². The first kappa shape index (κ1) is 14.9. The van der Waals surface area contributed by atoms with Gasteiger partial charge in [0.15, 0.2) is 0 Å². The Balaban J connectivity index is 1.74. The first-order chi connectivity index (χ1) is 10.2. The number of alkyl halides is 1. The summed E-state index contributed by atoms with van der Waals surface area (Å²) in [6.45, 7) is 0. The Morgan fingerprint density at radius 2 is 1.62 bits per heavy atom. The summed E-state index contributed by atoms with van der Waals surface area (Å²) in [6.07, 6.45) is 4.42. The maximum absolute atomic E-state index is 6.59. The monoisotopic (exact) mass is 318 g/mol. The molecule has 3 rings (SSSR count). The van der Waals surface area contributed by atoms with Crippen molar-refractivity contribution in [2.24, 2.45) is 5.92 Å². The predicted molar refractivity (Wildman–Crippen MR) is 91.3 cm³/mol. The summed E-state index contributed by atoms with van der Waals surface area (Å²) in [5, 5.41) is 1.13. The maximum Gasteiger partial charge on any atom is 0.0438 e. The molecular formula is C19H20Cl2. The molecule has 0 aliphatic heterocycles. The van der Waals surface area contributed by atoms with E-state index in [9.17, 15) is 0 Å². The zero-order valence-corrected chi connectivity index (χ0v) is 13.5. The molecule has 0 N–H and O–H groups in total. The van der Waals surface area contributed by atoms with Crippen LogP contribution >= 0.6 is 23.2 Å². The van der Waals surface area contributed by atoms with Crippen LogP contribution in [-0.4, -0.2) is 5.38 Å². The van der Waals surface area contributed by atoms with Crippen molar-refractivity contribution in [3.05, 3.63) is 70.7 Å². The number of rotatable bonds is 3. The van der Waals surface area contributed by atoms with Crippen LogP contribution in [0.5, 0.6) is 0 Å². The minimum atomic E-state index is 0.265. The van der Waals surface area contributed by atoms with Gasteiger partial charge in [-0.25, -0.2) is 0 Å². The Labute approximate surface area is 137 Å². The van der Waals surface area contributed by atoms with Crippen LogP contribution in [-0.2, 0) is 6.42 Å². The molecule has 0 saturated heterocycles. The van der Waals surface area contributed by atoms with Gasteiger partial charge in [0.05, 0.1) is 0 Å². The van der Waals surface area contributed by atoms with E-state index in [4.69, 9.17) is 23.2 Å². The fourth-order valence-corrected chi connectivity index (χ4v) is 3.94. The van der Waals surface area contributed by atoms with Crippen LogP contribution in [0.15, 0.2) is 54.6 Å². The Hall–Kier alpha value is -0.980. The highest BCUT2D eigenvalue weighted by molar-refractivity contribution is 6.31. The third-order valence-corrected chi connectivity index (χ3v) is 5.54. The van der Waals surface area contributed by atoms with Crippen molar-refractivity contribution in [2.75, 3.05) is 0 Å². The second-order valence-electron chi connectivity index (χ2n) is 5.99. The minimum Gasteiger partial charge on any atom is -0.123 e. The minimum absolute atomic E-state index is 0.265. The SMILES string of the molecule is Clc1ccccc1CC1CC(c2ccccc2)CCC1Cl. The molecule has 3 unspecified atom stereocenters. The van der Waals surface area contributed by atoms with Crippen molar-refractivity contribution in [2.45, 2.75) is 37.0 Å². The van der Waals surface area contributed by atoms with Gasteiger partial charge >= 0.3 is 0 Å². The fraction of sp³-hybridized carbons (Fsp3) is 0.368. The van der Waals surface area contributed by atoms with Gasteiger partial charge in [-0.05, 0) is 54.7 Å². The number of hydrogen-bond acceptors (Lipinski definition) is 0. The van der Waals surface area contributed by atoms with Crippen LogP contribution in [0.2, 0.25) is 5.02 Å². The molecule has 2 aromatic rings. The zero-order chi connectivity index (χ0) is 14.7. The van der Waals surface area contributed by atoms with Crippen LogP contribution < -0.4 is 0 Å². The van der Waals surface area contributed by atoms with Crippen molar-refractivity contribution >= 4 is 23.2 Å². The van der Waals surface area contributed by atoms with Crippen molar-refractivity contribution in [3.8, 4) is 0 Å². The topological polar surface area (TPSA) is 0 Å². The van der Waals surface area contributed by atoms with E-state index in [1.165, 1.54) is 17.5 Å². The van der Waals surface area contributed by atoms with Crippen molar-refractivity contribution in [1.82, 2.24) is 0 Å². The largest absolute Gasteiger partial charge is 0.123 e. The molecule has 110 valence electrons. The normalized spacial score (nSPS) is 25.7. The highest BCUT2D eigenvalue weighted by atomic mass is 35.5. The number of hydrogen-bond donors (Lipinski definition) is 0. The first-order valence-electron chi connectivity index (χ1n) is 7.66. The summed E-state index contributed by atoms with van der Waals surface area (Å²) in [6, 6.07) is 19.0. The van der Waals surface area contributed by atoms with E-state index >= 15 is 0 Å². The van der Waals surface area contributed by atoms with Gasteiger partial charge in [0.2, 0.25) is 0 Å². The lowest BCUT2D eigenvalue weighted by Gasteiger charge is -2.33. The molecule has 0 nitrogen and oxygen atoms in total. The quantitative estimate of drug-likeness (QED) is 0.602. The summed E-state index contributed by atoms with van der Waals surface area (Å²) in [5.41, 5.74) is 2.67. The molecule has 1 aliphatic carbocycles. The van der Waals surface area contributed by atoms with Gasteiger partial charge in [0.1, 0.15) is 0 Å². The molecule has 3 atom stereocenters. The van der Waals surface area contributed by atoms with Crippen LogP contribution in [0, 0.1) is 5.92 Å². The van der Waals surface area contributed by atoms with E-state index in [0.717, 1.165) is 24.3 Å². The van der Waals surface area contributed by atoms with E-state index in [0.29, 0.717) is 11.8 Å². The summed E-state index contributed by atoms with van der Waals surface area (Å²) in [7, 11) is 0. The molecule has 21 heavy (non-hydrogen) atoms. The average molecular weight is 319 g/mol. The lowest BCUT2D eigenvalue weighted by molar-refractivity contribution is 0.327. The van der Waals surface area contributed by atoms with Gasteiger partial charge in [0.25, 0.3) is 0 Å². The Bertz CT molecular complexity index is 579. The van der Waals surface area contributed by atoms with Crippen LogP contribution in [0.25, 0.3) is 0 Å². The third kappa shape index (κ3) is 3.62. The van der Waals surface area contributed by atoms with Crippen molar-refractivity contribution < 1.29 is 0 Å². The molecule has 2 heteroatoms. The highest BCUT2D eigenvalue weighted by Gasteiger charge is 2.30. The summed E-state index contributed by atoms with van der Waals surface area (Å²) < 4.78 is 0. The Kier molecular flexibility index (Phi) is 4.87. The molecule has 0 bridgehead atoms. The van der Waals surface area contributed by atoms with Gasteiger partial charge in [-0.1, -0.05) is 60.1 Å². The molecule has 0 spiro atoms. The fourth-order valence-electron chi connectivity index (χ4n) is 3.41. The lowest BCUT2D eigenvalue weighted by atomic mass is 9.75. The van der Waals surface area contributed by atoms with E-state index in [2.05, 4.69) is 42.5 Å². The predicted octanol–water partition coefficient (Wildman–Crippen LogP) is 6.07. The average Bonchev–Trinajstić information content (AvgIpc) is 2.52. The van der Waals surface area contributed by atoms with Crippen LogP contribution in [0.4, 0.5) is 0 Å². The van der Waals surface area contributed by atoms with Crippen molar-refractivity contribution in [3.63, 3.8) is 0 Å². The van der Waals surface area contributed by atoms with Crippen LogP contribution in [0.3, 0.4) is 0 Å². The van der Waals surface area contributed by atoms with E-state index < -0.39 is 0 Å². The molecule has 0 amide bonds. The molecule has 1 saturated carbocycles. The molecule has 1 aliphatic rings. The molecule has 0 aromatic heterocycles. The van der Waals surface area contributed by atoms with Gasteiger partial charge in [0, 0.05) is 10.4 Å². The smallest absolute Gasteiger partial charge is 0.0438 e. The summed E-state index contributed by atoms with van der Waals surface area (Å²) in [4.78, 5) is 0. The summed E-state index contributed by atoms with van der Waals surface area (Å²) in [5.74, 6) is 1.14.